The van der Waals surface area contributed by atoms with Crippen LogP contribution in [0.5, 0.6) is 0 Å². The van der Waals surface area contributed by atoms with E-state index in [2.05, 4.69) is 34.3 Å². The Labute approximate surface area is 187 Å². The Hall–Kier alpha value is -2.50. The Kier molecular flexibility index (Phi) is 6.74. The van der Waals surface area contributed by atoms with E-state index in [-0.39, 0.29) is 12.3 Å². The van der Waals surface area contributed by atoms with Gasteiger partial charge in [0.25, 0.3) is 0 Å². The van der Waals surface area contributed by atoms with Crippen molar-refractivity contribution in [2.45, 2.75) is 26.8 Å². The fraction of sp³-hybridized carbons (Fsp3) is 0.304. The van der Waals surface area contributed by atoms with Crippen LogP contribution < -0.4 is 4.90 Å². The van der Waals surface area contributed by atoms with E-state index in [0.717, 1.165) is 33.9 Å². The summed E-state index contributed by atoms with van der Waals surface area (Å²) in [5.74, 6) is 0.0413. The third kappa shape index (κ3) is 4.79. The smallest absolute Gasteiger partial charge is 0.227 e. The highest BCUT2D eigenvalue weighted by molar-refractivity contribution is 6.35. The number of benzene rings is 2. The van der Waals surface area contributed by atoms with Crippen molar-refractivity contribution < 1.29 is 4.79 Å². The molecule has 0 aliphatic heterocycles. The molecule has 0 bridgehead atoms. The van der Waals surface area contributed by atoms with Crippen molar-refractivity contribution in [1.29, 1.82) is 0 Å². The number of rotatable bonds is 6. The highest BCUT2D eigenvalue weighted by Gasteiger charge is 2.19. The van der Waals surface area contributed by atoms with Gasteiger partial charge in [0.05, 0.1) is 22.8 Å². The molecule has 158 valence electrons. The number of hydrogen-bond donors (Lipinski definition) is 0. The fourth-order valence-electron chi connectivity index (χ4n) is 3.37. The Bertz CT molecular complexity index is 1060. The van der Waals surface area contributed by atoms with Crippen molar-refractivity contribution in [3.05, 3.63) is 75.0 Å². The molecule has 0 unspecified atom stereocenters. The molecule has 30 heavy (non-hydrogen) atoms. The number of aromatic nitrogens is 2. The third-order valence-electron chi connectivity index (χ3n) is 5.21. The van der Waals surface area contributed by atoms with Crippen LogP contribution in [0, 0.1) is 13.8 Å². The molecule has 0 aliphatic rings. The van der Waals surface area contributed by atoms with Gasteiger partial charge in [-0.15, -0.1) is 0 Å². The molecule has 5 nitrogen and oxygen atoms in total. The van der Waals surface area contributed by atoms with E-state index in [9.17, 15) is 4.79 Å². The van der Waals surface area contributed by atoms with Crippen LogP contribution >= 0.6 is 23.2 Å². The number of aryl methyl sites for hydroxylation is 1. The van der Waals surface area contributed by atoms with Gasteiger partial charge in [-0.25, -0.2) is 4.68 Å². The van der Waals surface area contributed by atoms with E-state index in [1.54, 1.807) is 21.7 Å². The van der Waals surface area contributed by atoms with E-state index >= 15 is 0 Å². The van der Waals surface area contributed by atoms with Crippen LogP contribution in [-0.4, -0.2) is 41.7 Å². The first-order valence-electron chi connectivity index (χ1n) is 9.68. The Morgan fingerprint density at radius 3 is 2.30 bits per heavy atom. The van der Waals surface area contributed by atoms with Crippen LogP contribution in [0.25, 0.3) is 5.69 Å². The molecular formula is C23H26Cl2N4O. The number of nitrogens with zero attached hydrogens (tertiary/aromatic N) is 4. The van der Waals surface area contributed by atoms with Crippen molar-refractivity contribution in [2.24, 2.45) is 0 Å². The molecule has 1 aromatic heterocycles. The van der Waals surface area contributed by atoms with Gasteiger partial charge in [-0.1, -0.05) is 35.3 Å². The van der Waals surface area contributed by atoms with E-state index in [0.29, 0.717) is 16.6 Å². The van der Waals surface area contributed by atoms with Crippen molar-refractivity contribution in [3.8, 4) is 5.69 Å². The zero-order valence-corrected chi connectivity index (χ0v) is 19.4. The summed E-state index contributed by atoms with van der Waals surface area (Å²) in [4.78, 5) is 16.7. The van der Waals surface area contributed by atoms with Crippen LogP contribution in [0.3, 0.4) is 0 Å². The lowest BCUT2D eigenvalue weighted by molar-refractivity contribution is -0.129. The summed E-state index contributed by atoms with van der Waals surface area (Å²) >= 11 is 12.4. The molecule has 0 fully saturated rings. The molecule has 0 aliphatic carbocycles. The van der Waals surface area contributed by atoms with Crippen molar-refractivity contribution >= 4 is 34.8 Å². The molecular weight excluding hydrogens is 419 g/mol. The van der Waals surface area contributed by atoms with Crippen LogP contribution in [-0.2, 0) is 17.8 Å². The van der Waals surface area contributed by atoms with Gasteiger partial charge in [0, 0.05) is 49.7 Å². The summed E-state index contributed by atoms with van der Waals surface area (Å²) in [5.41, 5.74) is 5.60. The maximum Gasteiger partial charge on any atom is 0.227 e. The van der Waals surface area contributed by atoms with Crippen LogP contribution in [0.1, 0.15) is 22.5 Å². The zero-order valence-electron chi connectivity index (χ0n) is 17.9. The molecule has 1 heterocycles. The minimum absolute atomic E-state index is 0.0413. The minimum Gasteiger partial charge on any atom is -0.378 e. The maximum absolute atomic E-state index is 12.9. The first-order valence-corrected chi connectivity index (χ1v) is 10.4. The second kappa shape index (κ2) is 9.11. The monoisotopic (exact) mass is 444 g/mol. The average Bonchev–Trinajstić information content (AvgIpc) is 2.96. The number of carbonyl (C=O) groups is 1. The minimum atomic E-state index is 0.0413. The number of anilines is 1. The lowest BCUT2D eigenvalue weighted by atomic mass is 10.1. The molecule has 1 amide bonds. The quantitative estimate of drug-likeness (QED) is 0.533. The molecule has 2 aromatic carbocycles. The average molecular weight is 445 g/mol. The molecule has 0 atom stereocenters. The van der Waals surface area contributed by atoms with Gasteiger partial charge >= 0.3 is 0 Å². The number of halogens is 2. The van der Waals surface area contributed by atoms with Crippen LogP contribution in [0.2, 0.25) is 10.0 Å². The lowest BCUT2D eigenvalue weighted by Gasteiger charge is -2.19. The molecule has 7 heteroatoms. The SMILES string of the molecule is Cc1nn(-c2ccc(Cl)cc2Cl)c(C)c1CC(=O)N(C)Cc1ccc(N(C)C)cc1. The second-order valence-electron chi connectivity index (χ2n) is 7.64. The van der Waals surface area contributed by atoms with Gasteiger partial charge in [0.15, 0.2) is 0 Å². The molecule has 0 N–H and O–H groups in total. The summed E-state index contributed by atoms with van der Waals surface area (Å²) in [6.07, 6.45) is 0.287. The van der Waals surface area contributed by atoms with Gasteiger partial charge in [-0.2, -0.15) is 5.10 Å². The number of carbonyl (C=O) groups excluding carboxylic acids is 1. The Morgan fingerprint density at radius 2 is 1.70 bits per heavy atom. The van der Waals surface area contributed by atoms with Gasteiger partial charge in [0.1, 0.15) is 0 Å². The first-order chi connectivity index (χ1) is 14.2. The summed E-state index contributed by atoms with van der Waals surface area (Å²) in [5, 5.41) is 5.70. The predicted octanol–water partition coefficient (Wildman–Crippen LogP) is 5.06. The van der Waals surface area contributed by atoms with E-state index in [1.807, 2.05) is 41.1 Å². The highest BCUT2D eigenvalue weighted by atomic mass is 35.5. The largest absolute Gasteiger partial charge is 0.378 e. The summed E-state index contributed by atoms with van der Waals surface area (Å²) in [7, 11) is 5.84. The van der Waals surface area contributed by atoms with Crippen LogP contribution in [0.4, 0.5) is 5.69 Å². The topological polar surface area (TPSA) is 41.4 Å². The highest BCUT2D eigenvalue weighted by Crippen LogP contribution is 2.27. The summed E-state index contributed by atoms with van der Waals surface area (Å²) in [6, 6.07) is 13.5. The number of likely N-dealkylation sites (N-methyl/N-ethyl adjacent to an activating group) is 1. The lowest BCUT2D eigenvalue weighted by Crippen LogP contribution is -2.28. The maximum atomic E-state index is 12.9. The van der Waals surface area contributed by atoms with Crippen molar-refractivity contribution in [2.75, 3.05) is 26.0 Å². The Morgan fingerprint density at radius 1 is 1.03 bits per heavy atom. The standard InChI is InChI=1S/C23H26Cl2N4O/c1-15-20(16(2)29(26-15)22-11-8-18(24)12-21(22)25)13-23(30)28(5)14-17-6-9-19(10-7-17)27(3)4/h6-12H,13-14H2,1-5H3. The zero-order chi connectivity index (χ0) is 22.0. The second-order valence-corrected chi connectivity index (χ2v) is 8.49. The van der Waals surface area contributed by atoms with Gasteiger partial charge in [-0.3, -0.25) is 4.79 Å². The van der Waals surface area contributed by atoms with Gasteiger partial charge < -0.3 is 9.80 Å². The van der Waals surface area contributed by atoms with E-state index in [1.165, 1.54) is 0 Å². The van der Waals surface area contributed by atoms with Crippen molar-refractivity contribution in [1.82, 2.24) is 14.7 Å². The summed E-state index contributed by atoms with van der Waals surface area (Å²) in [6.45, 7) is 4.42. The predicted molar refractivity (Wildman–Crippen MR) is 124 cm³/mol. The normalized spacial score (nSPS) is 10.9. The molecule has 3 rings (SSSR count). The van der Waals surface area contributed by atoms with Gasteiger partial charge in [-0.05, 0) is 49.7 Å². The summed E-state index contributed by atoms with van der Waals surface area (Å²) < 4.78 is 1.77. The van der Waals surface area contributed by atoms with Gasteiger partial charge in [0.2, 0.25) is 5.91 Å². The van der Waals surface area contributed by atoms with E-state index in [4.69, 9.17) is 23.2 Å². The van der Waals surface area contributed by atoms with Crippen LogP contribution in [0.15, 0.2) is 42.5 Å². The Balaban J connectivity index is 1.75. The molecule has 3 aromatic rings. The van der Waals surface area contributed by atoms with Crippen molar-refractivity contribution in [3.63, 3.8) is 0 Å². The fourth-order valence-corrected chi connectivity index (χ4v) is 3.85. The molecule has 0 radical (unpaired) electrons. The number of amides is 1. The molecule has 0 spiro atoms. The molecule has 0 saturated heterocycles. The first kappa shape index (κ1) is 22.2. The number of hydrogen-bond acceptors (Lipinski definition) is 3. The van der Waals surface area contributed by atoms with E-state index < -0.39 is 0 Å². The third-order valence-corrected chi connectivity index (χ3v) is 5.74. The molecule has 0 saturated carbocycles.